The number of ether oxygens (including phenoxy) is 1. The molecule has 180 valence electrons. The maximum absolute atomic E-state index is 13.7. The summed E-state index contributed by atoms with van der Waals surface area (Å²) in [5.41, 5.74) is 5.42. The van der Waals surface area contributed by atoms with Crippen molar-refractivity contribution in [3.63, 3.8) is 0 Å². The van der Waals surface area contributed by atoms with E-state index in [1.165, 1.54) is 18.5 Å². The molecule has 0 spiro atoms. The molecule has 0 aliphatic rings. The Labute approximate surface area is 206 Å². The van der Waals surface area contributed by atoms with Crippen molar-refractivity contribution in [3.8, 4) is 22.6 Å². The van der Waals surface area contributed by atoms with Crippen LogP contribution in [-0.4, -0.2) is 32.5 Å². The highest BCUT2D eigenvalue weighted by Gasteiger charge is 2.12. The number of rotatable bonds is 6. The minimum Gasteiger partial charge on any atom is -0.457 e. The van der Waals surface area contributed by atoms with Crippen molar-refractivity contribution in [2.24, 2.45) is 7.05 Å². The third-order valence-corrected chi connectivity index (χ3v) is 5.81. The van der Waals surface area contributed by atoms with Gasteiger partial charge >= 0.3 is 0 Å². The van der Waals surface area contributed by atoms with E-state index in [0.717, 1.165) is 33.4 Å². The highest BCUT2D eigenvalue weighted by Crippen LogP contribution is 2.31. The monoisotopic (exact) mass is 482 g/mol. The molecule has 8 nitrogen and oxygen atoms in total. The number of halogens is 1. The molecule has 0 saturated carbocycles. The molecule has 2 aromatic carbocycles. The molecule has 9 heteroatoms. The van der Waals surface area contributed by atoms with Crippen molar-refractivity contribution in [1.82, 2.24) is 24.8 Å². The molecule has 0 saturated heterocycles. The van der Waals surface area contributed by atoms with Crippen LogP contribution in [0.4, 0.5) is 16.0 Å². The van der Waals surface area contributed by atoms with Crippen LogP contribution in [0, 0.1) is 12.9 Å². The van der Waals surface area contributed by atoms with Crippen molar-refractivity contribution in [2.45, 2.75) is 6.92 Å². The molecular weight excluding hydrogens is 459 g/mol. The first-order chi connectivity index (χ1) is 17.4. The van der Waals surface area contributed by atoms with Crippen molar-refractivity contribution in [3.05, 3.63) is 90.3 Å². The molecule has 3 aromatic heterocycles. The van der Waals surface area contributed by atoms with Crippen LogP contribution < -0.4 is 15.4 Å². The molecule has 0 atom stereocenters. The number of nitrogens with one attached hydrogen (secondary N) is 2. The maximum atomic E-state index is 13.7. The normalized spacial score (nSPS) is 10.9. The number of aromatic nitrogens is 4. The third kappa shape index (κ3) is 4.58. The van der Waals surface area contributed by atoms with E-state index in [9.17, 15) is 9.18 Å². The SMILES string of the molecule is CNC(=O)c1cc(Oc2ccc3c(c2)nc(Nc2ccc(C)c(-c4ccnc(F)c4)c2)n3C)ccn1. The van der Waals surface area contributed by atoms with Gasteiger partial charge in [0.2, 0.25) is 11.9 Å². The van der Waals surface area contributed by atoms with Gasteiger partial charge in [-0.05, 0) is 60.0 Å². The van der Waals surface area contributed by atoms with E-state index in [1.54, 1.807) is 25.2 Å². The fourth-order valence-electron chi connectivity index (χ4n) is 3.93. The zero-order valence-electron chi connectivity index (χ0n) is 19.9. The van der Waals surface area contributed by atoms with Crippen LogP contribution in [0.25, 0.3) is 22.2 Å². The second-order valence-corrected chi connectivity index (χ2v) is 8.22. The van der Waals surface area contributed by atoms with Gasteiger partial charge in [0, 0.05) is 50.4 Å². The molecule has 2 N–H and O–H groups in total. The highest BCUT2D eigenvalue weighted by atomic mass is 19.1. The van der Waals surface area contributed by atoms with E-state index < -0.39 is 5.95 Å². The van der Waals surface area contributed by atoms with Gasteiger partial charge in [-0.2, -0.15) is 4.39 Å². The fourth-order valence-corrected chi connectivity index (χ4v) is 3.93. The minimum atomic E-state index is -0.518. The van der Waals surface area contributed by atoms with E-state index >= 15 is 0 Å². The minimum absolute atomic E-state index is 0.271. The Kier molecular flexibility index (Phi) is 6.03. The van der Waals surface area contributed by atoms with Gasteiger partial charge in [0.05, 0.1) is 11.0 Å². The first kappa shape index (κ1) is 23.0. The highest BCUT2D eigenvalue weighted by molar-refractivity contribution is 5.92. The Morgan fingerprint density at radius 1 is 0.972 bits per heavy atom. The van der Waals surface area contributed by atoms with Gasteiger partial charge in [0.25, 0.3) is 5.91 Å². The molecule has 5 aromatic rings. The van der Waals surface area contributed by atoms with Gasteiger partial charge in [-0.15, -0.1) is 0 Å². The van der Waals surface area contributed by atoms with E-state index in [-0.39, 0.29) is 11.6 Å². The molecule has 0 aliphatic carbocycles. The Morgan fingerprint density at radius 2 is 1.78 bits per heavy atom. The lowest BCUT2D eigenvalue weighted by Crippen LogP contribution is -2.18. The fraction of sp³-hybridized carbons (Fsp3) is 0.111. The summed E-state index contributed by atoms with van der Waals surface area (Å²) in [7, 11) is 3.47. The van der Waals surface area contributed by atoms with Crippen molar-refractivity contribution in [1.29, 1.82) is 0 Å². The van der Waals surface area contributed by atoms with Gasteiger partial charge in [-0.1, -0.05) is 6.07 Å². The number of hydrogen-bond acceptors (Lipinski definition) is 6. The van der Waals surface area contributed by atoms with Gasteiger partial charge in [0.15, 0.2) is 0 Å². The van der Waals surface area contributed by atoms with Crippen LogP contribution in [0.1, 0.15) is 16.1 Å². The van der Waals surface area contributed by atoms with Crippen molar-refractivity contribution >= 4 is 28.6 Å². The Hall–Kier alpha value is -4.79. The number of amides is 1. The molecule has 0 bridgehead atoms. The zero-order valence-corrected chi connectivity index (χ0v) is 19.9. The van der Waals surface area contributed by atoms with Crippen molar-refractivity contribution < 1.29 is 13.9 Å². The molecule has 3 heterocycles. The number of nitrogens with zero attached hydrogens (tertiary/aromatic N) is 4. The maximum Gasteiger partial charge on any atom is 0.269 e. The Balaban J connectivity index is 1.42. The summed E-state index contributed by atoms with van der Waals surface area (Å²) in [6.07, 6.45) is 2.98. The number of carbonyl (C=O) groups is 1. The summed E-state index contributed by atoms with van der Waals surface area (Å²) in [6.45, 7) is 1.98. The summed E-state index contributed by atoms with van der Waals surface area (Å²) in [4.78, 5) is 24.3. The van der Waals surface area contributed by atoms with Crippen LogP contribution in [-0.2, 0) is 7.05 Å². The molecule has 0 aliphatic heterocycles. The molecule has 5 rings (SSSR count). The van der Waals surface area contributed by atoms with E-state index in [4.69, 9.17) is 9.72 Å². The average Bonchev–Trinajstić information content (AvgIpc) is 3.19. The molecule has 0 fully saturated rings. The van der Waals surface area contributed by atoms with Crippen LogP contribution >= 0.6 is 0 Å². The second kappa shape index (κ2) is 9.46. The largest absolute Gasteiger partial charge is 0.457 e. The number of imidazole rings is 1. The lowest BCUT2D eigenvalue weighted by atomic mass is 10.0. The summed E-state index contributed by atoms with van der Waals surface area (Å²) in [5, 5.41) is 5.91. The average molecular weight is 483 g/mol. The number of benzene rings is 2. The van der Waals surface area contributed by atoms with E-state index in [1.807, 2.05) is 54.9 Å². The van der Waals surface area contributed by atoms with Gasteiger partial charge in [0.1, 0.15) is 17.2 Å². The van der Waals surface area contributed by atoms with Crippen LogP contribution in [0.5, 0.6) is 11.5 Å². The van der Waals surface area contributed by atoms with Crippen LogP contribution in [0.3, 0.4) is 0 Å². The number of anilines is 2. The zero-order chi connectivity index (χ0) is 25.2. The van der Waals surface area contributed by atoms with E-state index in [0.29, 0.717) is 17.4 Å². The number of pyridine rings is 2. The quantitative estimate of drug-likeness (QED) is 0.316. The predicted octanol–water partition coefficient (Wildman–Crippen LogP) is 5.37. The molecule has 0 radical (unpaired) electrons. The van der Waals surface area contributed by atoms with Crippen molar-refractivity contribution in [2.75, 3.05) is 12.4 Å². The smallest absolute Gasteiger partial charge is 0.269 e. The van der Waals surface area contributed by atoms with Gasteiger partial charge in [-0.25, -0.2) is 9.97 Å². The Bertz CT molecular complexity index is 1600. The van der Waals surface area contributed by atoms with Gasteiger partial charge in [-0.3, -0.25) is 9.78 Å². The topological polar surface area (TPSA) is 94.0 Å². The molecule has 36 heavy (non-hydrogen) atoms. The summed E-state index contributed by atoms with van der Waals surface area (Å²) in [5.74, 6) is 0.916. The number of hydrogen-bond donors (Lipinski definition) is 2. The van der Waals surface area contributed by atoms with E-state index in [2.05, 4.69) is 20.6 Å². The summed E-state index contributed by atoms with van der Waals surface area (Å²) >= 11 is 0. The van der Waals surface area contributed by atoms with Crippen LogP contribution in [0.2, 0.25) is 0 Å². The first-order valence-corrected chi connectivity index (χ1v) is 11.2. The lowest BCUT2D eigenvalue weighted by molar-refractivity contribution is 0.0958. The number of aryl methyl sites for hydroxylation is 2. The predicted molar refractivity (Wildman–Crippen MR) is 136 cm³/mol. The Morgan fingerprint density at radius 3 is 2.58 bits per heavy atom. The van der Waals surface area contributed by atoms with Gasteiger partial charge < -0.3 is 19.9 Å². The first-order valence-electron chi connectivity index (χ1n) is 11.2. The number of carbonyl (C=O) groups excluding carboxylic acids is 1. The lowest BCUT2D eigenvalue weighted by Gasteiger charge is -2.11. The second-order valence-electron chi connectivity index (χ2n) is 8.22. The molecule has 0 unspecified atom stereocenters. The third-order valence-electron chi connectivity index (χ3n) is 5.81. The number of fused-ring (bicyclic) bond motifs is 1. The van der Waals surface area contributed by atoms with Crippen LogP contribution in [0.15, 0.2) is 73.1 Å². The molecular formula is C27H23FN6O2. The molecule has 1 amide bonds. The summed E-state index contributed by atoms with van der Waals surface area (Å²) < 4.78 is 21.6. The summed E-state index contributed by atoms with van der Waals surface area (Å²) in [6, 6.07) is 18.0. The standard InChI is InChI=1S/C27H23FN6O2/c1-16-4-5-18(13-21(16)17-8-10-31-25(28)12-17)32-27-33-22-14-19(6-7-24(22)34(27)3)36-20-9-11-30-23(15-20)26(35)29-2/h4-15H,1-3H3,(H,29,35)(H,32,33).